The summed E-state index contributed by atoms with van der Waals surface area (Å²) < 4.78 is 5.48. The average Bonchev–Trinajstić information content (AvgIpc) is 3.24. The van der Waals surface area contributed by atoms with E-state index in [1.165, 1.54) is 5.57 Å². The Morgan fingerprint density at radius 1 is 1.44 bits per heavy atom. The molecule has 1 fully saturated rings. The van der Waals surface area contributed by atoms with Crippen LogP contribution in [0.4, 0.5) is 0 Å². The van der Waals surface area contributed by atoms with Crippen LogP contribution in [-0.2, 0) is 6.42 Å². The summed E-state index contributed by atoms with van der Waals surface area (Å²) in [6.07, 6.45) is 4.44. The minimum Gasteiger partial charge on any atom is -0.507 e. The summed E-state index contributed by atoms with van der Waals surface area (Å²) in [5.41, 5.74) is 4.65. The maximum atomic E-state index is 11.9. The summed E-state index contributed by atoms with van der Waals surface area (Å²) in [5.74, 6) is 0.352. The van der Waals surface area contributed by atoms with Crippen molar-refractivity contribution in [2.24, 2.45) is 11.8 Å². The van der Waals surface area contributed by atoms with Crippen molar-refractivity contribution in [3.8, 4) is 11.5 Å². The zero-order chi connectivity index (χ0) is 18.3. The Morgan fingerprint density at radius 3 is 2.72 bits per heavy atom. The summed E-state index contributed by atoms with van der Waals surface area (Å²) in [6.45, 7) is 8.03. The highest BCUT2D eigenvalue weighted by atomic mass is 16.5. The number of methoxy groups -OCH3 is 1. The summed E-state index contributed by atoms with van der Waals surface area (Å²) >= 11 is 0. The number of fused-ring (bicyclic) bond motifs is 1. The number of hydrogen-bond donors (Lipinski definition) is 2. The number of allylic oxidation sites excluding steroid dienone is 3. The molecule has 1 saturated carbocycles. The summed E-state index contributed by atoms with van der Waals surface area (Å²) in [4.78, 5) is 11.9. The second kappa shape index (κ2) is 6.58. The zero-order valence-electron chi connectivity index (χ0n) is 15.2. The molecule has 0 aromatic heterocycles. The van der Waals surface area contributed by atoms with Crippen LogP contribution in [0.5, 0.6) is 11.5 Å². The van der Waals surface area contributed by atoms with Gasteiger partial charge in [0, 0.05) is 17.0 Å². The first-order chi connectivity index (χ1) is 11.8. The van der Waals surface area contributed by atoms with E-state index in [1.54, 1.807) is 7.11 Å². The van der Waals surface area contributed by atoms with Crippen LogP contribution in [0, 0.1) is 11.8 Å². The van der Waals surface area contributed by atoms with Gasteiger partial charge < -0.3 is 14.9 Å². The number of hydrogen-bond acceptors (Lipinski definition) is 3. The van der Waals surface area contributed by atoms with E-state index in [9.17, 15) is 15.0 Å². The van der Waals surface area contributed by atoms with Gasteiger partial charge in [-0.2, -0.15) is 0 Å². The molecule has 25 heavy (non-hydrogen) atoms. The Balaban J connectivity index is 2.07. The third-order valence-electron chi connectivity index (χ3n) is 5.47. The number of benzene rings is 1. The monoisotopic (exact) mass is 342 g/mol. The Labute approximate surface area is 148 Å². The molecule has 2 atom stereocenters. The first-order valence-electron chi connectivity index (χ1n) is 8.88. The molecule has 0 radical (unpaired) electrons. The lowest BCUT2D eigenvalue weighted by atomic mass is 9.89. The molecular weight excluding hydrogens is 316 g/mol. The summed E-state index contributed by atoms with van der Waals surface area (Å²) in [7, 11) is 1.56. The fraction of sp³-hybridized carbons (Fsp3) is 0.476. The zero-order valence-corrected chi connectivity index (χ0v) is 15.2. The highest BCUT2D eigenvalue weighted by Crippen LogP contribution is 2.58. The van der Waals surface area contributed by atoms with Crippen LogP contribution in [0.15, 0.2) is 23.8 Å². The fourth-order valence-corrected chi connectivity index (χ4v) is 4.05. The summed E-state index contributed by atoms with van der Waals surface area (Å²) in [6, 6.07) is 1.81. The standard InChI is InChI=1S/C21H26O4/c1-11(2)5-7-14-17(25-4)10-16(19(20(14)22)21(23)24)18-13-8-6-12(3)9-15(13)18/h10,12,15,22H,1,5-9H2,2-4H3,(H,23,24). The van der Waals surface area contributed by atoms with Crippen molar-refractivity contribution >= 4 is 11.5 Å². The van der Waals surface area contributed by atoms with Gasteiger partial charge in [0.05, 0.1) is 7.11 Å². The Hall–Kier alpha value is -2.23. The first kappa shape index (κ1) is 17.6. The number of carbonyl (C=O) groups is 1. The molecule has 1 aromatic rings. The normalized spacial score (nSPS) is 21.7. The van der Waals surface area contributed by atoms with E-state index < -0.39 is 5.97 Å². The van der Waals surface area contributed by atoms with Gasteiger partial charge >= 0.3 is 5.97 Å². The van der Waals surface area contributed by atoms with E-state index in [2.05, 4.69) is 13.5 Å². The van der Waals surface area contributed by atoms with Gasteiger partial charge in [0.1, 0.15) is 17.1 Å². The predicted molar refractivity (Wildman–Crippen MR) is 98.2 cm³/mol. The molecule has 0 heterocycles. The van der Waals surface area contributed by atoms with E-state index in [-0.39, 0.29) is 11.3 Å². The van der Waals surface area contributed by atoms with E-state index in [4.69, 9.17) is 4.74 Å². The van der Waals surface area contributed by atoms with Crippen LogP contribution in [0.1, 0.15) is 61.0 Å². The minimum absolute atomic E-state index is 0.0158. The molecule has 3 rings (SSSR count). The smallest absolute Gasteiger partial charge is 0.340 e. The van der Waals surface area contributed by atoms with Crippen LogP contribution in [-0.4, -0.2) is 23.3 Å². The van der Waals surface area contributed by atoms with Gasteiger partial charge in [-0.15, -0.1) is 6.58 Å². The average molecular weight is 342 g/mol. The summed E-state index contributed by atoms with van der Waals surface area (Å²) in [5, 5.41) is 20.4. The lowest BCUT2D eigenvalue weighted by Gasteiger charge is -2.17. The second-order valence-corrected chi connectivity index (χ2v) is 7.46. The third kappa shape index (κ3) is 3.17. The Morgan fingerprint density at radius 2 is 2.16 bits per heavy atom. The van der Waals surface area contributed by atoms with Crippen molar-refractivity contribution < 1.29 is 19.7 Å². The number of rotatable bonds is 6. The second-order valence-electron chi connectivity index (χ2n) is 7.46. The van der Waals surface area contributed by atoms with Gasteiger partial charge in [0.15, 0.2) is 0 Å². The molecule has 134 valence electrons. The molecule has 2 N–H and O–H groups in total. The van der Waals surface area contributed by atoms with Gasteiger partial charge in [-0.1, -0.05) is 18.1 Å². The third-order valence-corrected chi connectivity index (χ3v) is 5.47. The quantitative estimate of drug-likeness (QED) is 0.728. The van der Waals surface area contributed by atoms with E-state index in [0.717, 1.165) is 30.4 Å². The van der Waals surface area contributed by atoms with Crippen molar-refractivity contribution in [1.82, 2.24) is 0 Å². The lowest BCUT2D eigenvalue weighted by Crippen LogP contribution is -2.07. The van der Waals surface area contributed by atoms with Crippen molar-refractivity contribution in [2.45, 2.75) is 46.0 Å². The van der Waals surface area contributed by atoms with E-state index >= 15 is 0 Å². The number of carboxylic acids is 1. The number of phenols is 1. The maximum Gasteiger partial charge on any atom is 0.340 e. The van der Waals surface area contributed by atoms with Crippen molar-refractivity contribution in [3.05, 3.63) is 40.5 Å². The SMILES string of the molecule is C=C(C)CCc1c(OC)cc(C2=C3CCC(C)CC32)c(C(=O)O)c1O. The molecule has 2 aliphatic rings. The van der Waals surface area contributed by atoms with Gasteiger partial charge in [-0.25, -0.2) is 4.79 Å². The highest BCUT2D eigenvalue weighted by Gasteiger charge is 2.43. The van der Waals surface area contributed by atoms with Gasteiger partial charge in [0.2, 0.25) is 0 Å². The molecule has 2 aliphatic carbocycles. The Kier molecular flexibility index (Phi) is 4.63. The maximum absolute atomic E-state index is 11.9. The lowest BCUT2D eigenvalue weighted by molar-refractivity contribution is 0.0693. The topological polar surface area (TPSA) is 66.8 Å². The van der Waals surface area contributed by atoms with Crippen molar-refractivity contribution in [1.29, 1.82) is 0 Å². The molecule has 0 aliphatic heterocycles. The van der Waals surface area contributed by atoms with Crippen LogP contribution in [0.3, 0.4) is 0 Å². The minimum atomic E-state index is -1.09. The molecule has 4 nitrogen and oxygen atoms in total. The van der Waals surface area contributed by atoms with Crippen LogP contribution in [0.25, 0.3) is 5.57 Å². The molecule has 1 aromatic carbocycles. The number of aromatic hydroxyl groups is 1. The first-order valence-corrected chi connectivity index (χ1v) is 8.88. The molecule has 2 unspecified atom stereocenters. The van der Waals surface area contributed by atoms with Gasteiger partial charge in [0.25, 0.3) is 0 Å². The van der Waals surface area contributed by atoms with Gasteiger partial charge in [-0.05, 0) is 56.6 Å². The largest absolute Gasteiger partial charge is 0.507 e. The molecule has 0 amide bonds. The van der Waals surface area contributed by atoms with Gasteiger partial charge in [-0.3, -0.25) is 0 Å². The predicted octanol–water partition coefficient (Wildman–Crippen LogP) is 4.81. The van der Waals surface area contributed by atoms with Crippen LogP contribution >= 0.6 is 0 Å². The van der Waals surface area contributed by atoms with E-state index in [0.29, 0.717) is 41.6 Å². The van der Waals surface area contributed by atoms with Crippen molar-refractivity contribution in [2.75, 3.05) is 7.11 Å². The molecule has 0 saturated heterocycles. The van der Waals surface area contributed by atoms with Crippen LogP contribution in [0.2, 0.25) is 0 Å². The molecule has 0 bridgehead atoms. The van der Waals surface area contributed by atoms with Crippen LogP contribution < -0.4 is 4.74 Å². The molecule has 0 spiro atoms. The number of ether oxygens (including phenoxy) is 1. The molecular formula is C21H26O4. The molecule has 4 heteroatoms. The highest BCUT2D eigenvalue weighted by molar-refractivity contribution is 6.02. The van der Waals surface area contributed by atoms with Crippen molar-refractivity contribution in [3.63, 3.8) is 0 Å². The van der Waals surface area contributed by atoms with E-state index in [1.807, 2.05) is 13.0 Å². The number of aromatic carboxylic acids is 1. The number of carboxylic acid groups (broad SMARTS) is 1. The Bertz CT molecular complexity index is 773. The fourth-order valence-electron chi connectivity index (χ4n) is 4.05.